The fraction of sp³-hybridized carbons (Fsp3) is 0.875. The molecular weight excluding hydrogens is 128 g/mol. The Balaban J connectivity index is 2.24. The highest BCUT2D eigenvalue weighted by Gasteiger charge is 2.18. The van der Waals surface area contributed by atoms with E-state index >= 15 is 0 Å². The third-order valence-electron chi connectivity index (χ3n) is 2.14. The van der Waals surface area contributed by atoms with Gasteiger partial charge in [0, 0.05) is 0 Å². The maximum Gasteiger partial charge on any atom is 0.293 e. The molecular formula is C8H14O2. The molecule has 0 spiro atoms. The van der Waals surface area contributed by atoms with Gasteiger partial charge in [0.2, 0.25) is 0 Å². The third kappa shape index (κ3) is 2.01. The Bertz CT molecular complexity index is 112. The van der Waals surface area contributed by atoms with Crippen molar-refractivity contribution in [3.05, 3.63) is 0 Å². The van der Waals surface area contributed by atoms with Crippen molar-refractivity contribution in [2.75, 3.05) is 0 Å². The van der Waals surface area contributed by atoms with Crippen LogP contribution in [0.2, 0.25) is 0 Å². The average molecular weight is 142 g/mol. The van der Waals surface area contributed by atoms with Gasteiger partial charge in [-0.25, -0.2) is 0 Å². The monoisotopic (exact) mass is 142 g/mol. The molecule has 0 aromatic rings. The largest absolute Gasteiger partial charge is 0.465 e. The van der Waals surface area contributed by atoms with Crippen LogP contribution in [0.15, 0.2) is 0 Å². The van der Waals surface area contributed by atoms with Crippen molar-refractivity contribution in [1.82, 2.24) is 0 Å². The first-order chi connectivity index (χ1) is 4.83. The summed E-state index contributed by atoms with van der Waals surface area (Å²) in [5.74, 6) is 0.735. The molecule has 1 unspecified atom stereocenters. The molecule has 1 aliphatic rings. The van der Waals surface area contributed by atoms with E-state index in [1.165, 1.54) is 12.8 Å². The van der Waals surface area contributed by atoms with E-state index in [0.717, 1.165) is 18.8 Å². The Kier molecular flexibility index (Phi) is 2.72. The molecule has 0 bridgehead atoms. The highest BCUT2D eigenvalue weighted by Crippen LogP contribution is 2.24. The molecule has 58 valence electrons. The summed E-state index contributed by atoms with van der Waals surface area (Å²) in [4.78, 5) is 9.96. The Morgan fingerprint density at radius 3 is 2.90 bits per heavy atom. The second-order valence-corrected chi connectivity index (χ2v) is 3.13. The number of hydrogen-bond donors (Lipinski definition) is 0. The van der Waals surface area contributed by atoms with Gasteiger partial charge in [-0.15, -0.1) is 0 Å². The van der Waals surface area contributed by atoms with Gasteiger partial charge >= 0.3 is 0 Å². The zero-order valence-corrected chi connectivity index (χ0v) is 6.38. The van der Waals surface area contributed by atoms with Crippen molar-refractivity contribution in [3.8, 4) is 0 Å². The molecule has 0 saturated heterocycles. The van der Waals surface area contributed by atoms with Gasteiger partial charge in [0.15, 0.2) is 0 Å². The minimum atomic E-state index is 0.209. The first-order valence-corrected chi connectivity index (χ1v) is 3.92. The van der Waals surface area contributed by atoms with Crippen LogP contribution in [-0.2, 0) is 9.53 Å². The first-order valence-electron chi connectivity index (χ1n) is 3.92. The summed E-state index contributed by atoms with van der Waals surface area (Å²) in [5, 5.41) is 0. The van der Waals surface area contributed by atoms with Gasteiger partial charge in [-0.3, -0.25) is 4.79 Å². The van der Waals surface area contributed by atoms with E-state index in [2.05, 4.69) is 6.92 Å². The van der Waals surface area contributed by atoms with Crippen LogP contribution < -0.4 is 0 Å². The first kappa shape index (κ1) is 7.58. The molecule has 2 heteroatoms. The number of ether oxygens (including phenoxy) is 1. The lowest BCUT2D eigenvalue weighted by Gasteiger charge is -2.24. The highest BCUT2D eigenvalue weighted by atomic mass is 16.5. The smallest absolute Gasteiger partial charge is 0.293 e. The van der Waals surface area contributed by atoms with Gasteiger partial charge in [-0.05, 0) is 25.2 Å². The zero-order valence-electron chi connectivity index (χ0n) is 6.38. The minimum Gasteiger partial charge on any atom is -0.465 e. The van der Waals surface area contributed by atoms with Crippen LogP contribution in [0.4, 0.5) is 0 Å². The van der Waals surface area contributed by atoms with E-state index in [-0.39, 0.29) is 6.10 Å². The van der Waals surface area contributed by atoms with Gasteiger partial charge in [0.05, 0.1) is 0 Å². The number of hydrogen-bond acceptors (Lipinski definition) is 2. The van der Waals surface area contributed by atoms with Crippen LogP contribution in [-0.4, -0.2) is 12.6 Å². The van der Waals surface area contributed by atoms with E-state index in [0.29, 0.717) is 6.47 Å². The van der Waals surface area contributed by atoms with Crippen LogP contribution in [0.1, 0.15) is 32.6 Å². The molecule has 1 aliphatic carbocycles. The maximum absolute atomic E-state index is 9.96. The average Bonchev–Trinajstić information content (AvgIpc) is 1.88. The van der Waals surface area contributed by atoms with E-state index in [4.69, 9.17) is 4.74 Å². The molecule has 0 N–H and O–H groups in total. The molecule has 0 aromatic heterocycles. The fourth-order valence-corrected chi connectivity index (χ4v) is 1.58. The van der Waals surface area contributed by atoms with E-state index < -0.39 is 0 Å². The van der Waals surface area contributed by atoms with Gasteiger partial charge in [0.1, 0.15) is 6.10 Å². The normalized spacial score (nSPS) is 33.3. The van der Waals surface area contributed by atoms with Crippen molar-refractivity contribution in [2.24, 2.45) is 5.92 Å². The Labute approximate surface area is 61.6 Å². The third-order valence-corrected chi connectivity index (χ3v) is 2.14. The molecule has 2 atom stereocenters. The summed E-state index contributed by atoms with van der Waals surface area (Å²) in [6, 6.07) is 0. The molecule has 0 aliphatic heterocycles. The van der Waals surface area contributed by atoms with E-state index in [9.17, 15) is 4.79 Å². The lowest BCUT2D eigenvalue weighted by molar-refractivity contribution is -0.135. The standard InChI is InChI=1S/C8H14O2/c1-7-3-2-4-8(5-7)10-6-9/h6-8H,2-5H2,1H3/t7?,8-/m1/s1. The molecule has 0 amide bonds. The summed E-state index contributed by atoms with van der Waals surface area (Å²) in [6.45, 7) is 2.78. The maximum atomic E-state index is 9.96. The van der Waals surface area contributed by atoms with Gasteiger partial charge in [-0.1, -0.05) is 13.3 Å². The fourth-order valence-electron chi connectivity index (χ4n) is 1.58. The summed E-state index contributed by atoms with van der Waals surface area (Å²) in [5.41, 5.74) is 0. The van der Waals surface area contributed by atoms with Gasteiger partial charge < -0.3 is 4.74 Å². The predicted molar refractivity (Wildman–Crippen MR) is 38.6 cm³/mol. The van der Waals surface area contributed by atoms with Gasteiger partial charge in [0.25, 0.3) is 6.47 Å². The van der Waals surface area contributed by atoms with Crippen LogP contribution in [0, 0.1) is 5.92 Å². The predicted octanol–water partition coefficient (Wildman–Crippen LogP) is 1.74. The summed E-state index contributed by atoms with van der Waals surface area (Å²) >= 11 is 0. The van der Waals surface area contributed by atoms with E-state index in [1.54, 1.807) is 0 Å². The molecule has 1 fully saturated rings. The van der Waals surface area contributed by atoms with Crippen LogP contribution in [0.5, 0.6) is 0 Å². The molecule has 0 radical (unpaired) electrons. The highest BCUT2D eigenvalue weighted by molar-refractivity contribution is 5.37. The molecule has 2 nitrogen and oxygen atoms in total. The van der Waals surface area contributed by atoms with Crippen molar-refractivity contribution in [3.63, 3.8) is 0 Å². The molecule has 1 rings (SSSR count). The van der Waals surface area contributed by atoms with Crippen LogP contribution in [0.25, 0.3) is 0 Å². The van der Waals surface area contributed by atoms with Crippen molar-refractivity contribution >= 4 is 6.47 Å². The quantitative estimate of drug-likeness (QED) is 0.549. The Morgan fingerprint density at radius 2 is 2.30 bits per heavy atom. The van der Waals surface area contributed by atoms with Crippen molar-refractivity contribution in [1.29, 1.82) is 0 Å². The second kappa shape index (κ2) is 3.59. The summed E-state index contributed by atoms with van der Waals surface area (Å²) in [7, 11) is 0. The molecule has 10 heavy (non-hydrogen) atoms. The lowest BCUT2D eigenvalue weighted by atomic mass is 9.89. The minimum absolute atomic E-state index is 0.209. The Hall–Kier alpha value is -0.530. The topological polar surface area (TPSA) is 26.3 Å². The van der Waals surface area contributed by atoms with Crippen LogP contribution in [0.3, 0.4) is 0 Å². The number of rotatable bonds is 2. The second-order valence-electron chi connectivity index (χ2n) is 3.13. The summed E-state index contributed by atoms with van der Waals surface area (Å²) < 4.78 is 4.87. The lowest BCUT2D eigenvalue weighted by Crippen LogP contribution is -2.20. The van der Waals surface area contributed by atoms with Crippen molar-refractivity contribution < 1.29 is 9.53 Å². The number of carbonyl (C=O) groups excluding carboxylic acids is 1. The molecule has 1 saturated carbocycles. The zero-order chi connectivity index (χ0) is 7.40. The molecule has 0 aromatic carbocycles. The number of carbonyl (C=O) groups is 1. The van der Waals surface area contributed by atoms with Crippen molar-refractivity contribution in [2.45, 2.75) is 38.7 Å². The summed E-state index contributed by atoms with van der Waals surface area (Å²) in [6.07, 6.45) is 4.82. The van der Waals surface area contributed by atoms with Crippen LogP contribution >= 0.6 is 0 Å². The SMILES string of the molecule is CC1CCC[C@@H](OC=O)C1. The molecule has 0 heterocycles. The van der Waals surface area contributed by atoms with E-state index in [1.807, 2.05) is 0 Å². The van der Waals surface area contributed by atoms with Gasteiger partial charge in [-0.2, -0.15) is 0 Å². The Morgan fingerprint density at radius 1 is 1.50 bits per heavy atom.